The van der Waals surface area contributed by atoms with Gasteiger partial charge in [0.05, 0.1) is 11.6 Å². The van der Waals surface area contributed by atoms with Crippen molar-refractivity contribution in [1.82, 2.24) is 15.0 Å². The van der Waals surface area contributed by atoms with E-state index in [1.807, 2.05) is 66.7 Å². The molecule has 0 aliphatic carbocycles. The van der Waals surface area contributed by atoms with Crippen LogP contribution in [-0.2, 0) is 5.60 Å². The normalized spacial score (nSPS) is 12.2. The summed E-state index contributed by atoms with van der Waals surface area (Å²) >= 11 is 0. The van der Waals surface area contributed by atoms with Crippen molar-refractivity contribution in [3.8, 4) is 102 Å². The van der Waals surface area contributed by atoms with Crippen LogP contribution in [0.15, 0.2) is 255 Å². The molecule has 0 atom stereocenters. The molecule has 2 heterocycles. The Kier molecular flexibility index (Phi) is 10.7. The number of hydrogen-bond donors (Lipinski definition) is 0. The third-order valence-electron chi connectivity index (χ3n) is 13.1. The Morgan fingerprint density at radius 1 is 0.314 bits per heavy atom. The monoisotopic (exact) mass is 894 g/mol. The highest BCUT2D eigenvalue weighted by Crippen LogP contribution is 2.52. The van der Waals surface area contributed by atoms with Gasteiger partial charge in [-0.1, -0.05) is 188 Å². The van der Waals surface area contributed by atoms with Crippen LogP contribution in [0.25, 0.3) is 89.8 Å². The zero-order chi connectivity index (χ0) is 46.9. The average Bonchev–Trinajstić information content (AvgIpc) is 3.45. The molecule has 0 fully saturated rings. The number of aromatic nitrogens is 3. The fourth-order valence-electron chi connectivity index (χ4n) is 9.73. The molecule has 0 spiro atoms. The lowest BCUT2D eigenvalue weighted by Crippen LogP contribution is -2.38. The molecule has 1 aromatic heterocycles. The second-order valence-electron chi connectivity index (χ2n) is 17.5. The number of nitriles is 1. The minimum absolute atomic E-state index is 0.527. The predicted molar refractivity (Wildman–Crippen MR) is 281 cm³/mol. The standard InChI is InChI=1S/C65H42N4O/c66-43-44-30-32-48(33-31-44)53-37-52(47-22-10-3-11-23-47)40-55(41-53)64-68-62(67-63(69-64)54-38-50(45-18-6-1-7-19-45)36-51(39-54)46-20-8-2-9-21-46)49-34-35-61-59(42-49)58-28-16-17-29-60(58)65(70-61,56-24-12-4-13-25-56)57-26-14-5-15-27-57/h1-42H. The third kappa shape index (κ3) is 7.80. The molecule has 0 saturated heterocycles. The summed E-state index contributed by atoms with van der Waals surface area (Å²) in [7, 11) is 0. The van der Waals surface area contributed by atoms with Crippen molar-refractivity contribution in [2.75, 3.05) is 0 Å². The molecule has 5 heteroatoms. The number of fused-ring (bicyclic) bond motifs is 3. The van der Waals surface area contributed by atoms with Gasteiger partial charge in [-0.2, -0.15) is 5.26 Å². The van der Waals surface area contributed by atoms with Crippen LogP contribution in [-0.4, -0.2) is 15.0 Å². The van der Waals surface area contributed by atoms with E-state index in [0.717, 1.165) is 94.8 Å². The lowest BCUT2D eigenvalue weighted by atomic mass is 9.75. The summed E-state index contributed by atoms with van der Waals surface area (Å²) in [6.45, 7) is 0. The van der Waals surface area contributed by atoms with E-state index in [0.29, 0.717) is 23.0 Å². The smallest absolute Gasteiger partial charge is 0.185 e. The van der Waals surface area contributed by atoms with Crippen molar-refractivity contribution in [2.45, 2.75) is 5.60 Å². The topological polar surface area (TPSA) is 71.7 Å². The number of hydrogen-bond acceptors (Lipinski definition) is 5. The van der Waals surface area contributed by atoms with Crippen molar-refractivity contribution in [3.05, 3.63) is 277 Å². The summed E-state index contributed by atoms with van der Waals surface area (Å²) in [4.78, 5) is 16.1. The van der Waals surface area contributed by atoms with Gasteiger partial charge in [0.2, 0.25) is 0 Å². The lowest BCUT2D eigenvalue weighted by molar-refractivity contribution is 0.152. The van der Waals surface area contributed by atoms with Gasteiger partial charge in [-0.25, -0.2) is 15.0 Å². The zero-order valence-corrected chi connectivity index (χ0v) is 37.9. The van der Waals surface area contributed by atoms with Gasteiger partial charge in [0.25, 0.3) is 0 Å². The number of rotatable bonds is 9. The Morgan fingerprint density at radius 2 is 0.686 bits per heavy atom. The Labute approximate surface area is 407 Å². The largest absolute Gasteiger partial charge is 0.472 e. The minimum Gasteiger partial charge on any atom is -0.472 e. The molecule has 70 heavy (non-hydrogen) atoms. The predicted octanol–water partition coefficient (Wildman–Crippen LogP) is 15.8. The van der Waals surface area contributed by atoms with Gasteiger partial charge in [-0.15, -0.1) is 0 Å². The maximum Gasteiger partial charge on any atom is 0.185 e. The molecule has 0 saturated carbocycles. The van der Waals surface area contributed by atoms with Crippen molar-refractivity contribution >= 4 is 0 Å². The first-order valence-corrected chi connectivity index (χ1v) is 23.4. The first-order chi connectivity index (χ1) is 34.6. The SMILES string of the molecule is N#Cc1ccc(-c2cc(-c3ccccc3)cc(-c3nc(-c4cc(-c5ccccc5)cc(-c5ccccc5)c4)nc(-c4ccc5c(c4)-c4ccccc4C(c4ccccc4)(c4ccccc4)O5)n3)c2)cc1. The molecule has 5 nitrogen and oxygen atoms in total. The van der Waals surface area contributed by atoms with E-state index in [9.17, 15) is 5.26 Å². The van der Waals surface area contributed by atoms with Crippen LogP contribution in [0.1, 0.15) is 22.3 Å². The fourth-order valence-corrected chi connectivity index (χ4v) is 9.73. The Hall–Kier alpha value is -9.50. The molecule has 10 aromatic carbocycles. The van der Waals surface area contributed by atoms with Crippen LogP contribution in [0.2, 0.25) is 0 Å². The van der Waals surface area contributed by atoms with E-state index in [1.165, 1.54) is 0 Å². The van der Waals surface area contributed by atoms with Crippen LogP contribution in [0.5, 0.6) is 5.75 Å². The van der Waals surface area contributed by atoms with E-state index in [4.69, 9.17) is 19.7 Å². The molecular formula is C65H42N4O. The second kappa shape index (κ2) is 18.0. The molecule has 328 valence electrons. The highest BCUT2D eigenvalue weighted by Gasteiger charge is 2.44. The molecular weight excluding hydrogens is 853 g/mol. The van der Waals surface area contributed by atoms with Gasteiger partial charge < -0.3 is 4.74 Å². The second-order valence-corrected chi connectivity index (χ2v) is 17.5. The molecule has 12 rings (SSSR count). The minimum atomic E-state index is -0.891. The quantitative estimate of drug-likeness (QED) is 0.144. The van der Waals surface area contributed by atoms with Gasteiger partial charge in [-0.3, -0.25) is 0 Å². The molecule has 0 unspecified atom stereocenters. The van der Waals surface area contributed by atoms with Gasteiger partial charge in [0.1, 0.15) is 5.75 Å². The Bertz CT molecular complexity index is 3630. The lowest BCUT2D eigenvalue weighted by Gasteiger charge is -2.41. The molecule has 11 aromatic rings. The zero-order valence-electron chi connectivity index (χ0n) is 37.9. The molecule has 0 N–H and O–H groups in total. The fraction of sp³-hybridized carbons (Fsp3) is 0.0154. The molecule has 0 amide bonds. The van der Waals surface area contributed by atoms with Gasteiger partial charge in [0, 0.05) is 38.9 Å². The van der Waals surface area contributed by atoms with E-state index in [2.05, 4.69) is 194 Å². The summed E-state index contributed by atoms with van der Waals surface area (Å²) in [6.07, 6.45) is 0. The first kappa shape index (κ1) is 41.9. The third-order valence-corrected chi connectivity index (χ3v) is 13.1. The average molecular weight is 895 g/mol. The van der Waals surface area contributed by atoms with Crippen LogP contribution in [0.3, 0.4) is 0 Å². The summed E-state index contributed by atoms with van der Waals surface area (Å²) in [5, 5.41) is 9.64. The highest BCUT2D eigenvalue weighted by atomic mass is 16.5. The van der Waals surface area contributed by atoms with E-state index >= 15 is 0 Å². The van der Waals surface area contributed by atoms with Crippen LogP contribution in [0.4, 0.5) is 0 Å². The van der Waals surface area contributed by atoms with E-state index in [1.54, 1.807) is 0 Å². The summed E-state index contributed by atoms with van der Waals surface area (Å²) < 4.78 is 7.36. The van der Waals surface area contributed by atoms with Crippen LogP contribution < -0.4 is 4.74 Å². The Morgan fingerprint density at radius 3 is 1.14 bits per heavy atom. The maximum absolute atomic E-state index is 9.64. The van der Waals surface area contributed by atoms with Crippen molar-refractivity contribution in [2.24, 2.45) is 0 Å². The maximum atomic E-state index is 9.64. The molecule has 0 bridgehead atoms. The van der Waals surface area contributed by atoms with Gasteiger partial charge >= 0.3 is 0 Å². The van der Waals surface area contributed by atoms with Gasteiger partial charge in [-0.05, 0) is 117 Å². The summed E-state index contributed by atoms with van der Waals surface area (Å²) in [5.74, 6) is 2.36. The van der Waals surface area contributed by atoms with Crippen molar-refractivity contribution < 1.29 is 4.74 Å². The van der Waals surface area contributed by atoms with E-state index < -0.39 is 5.60 Å². The van der Waals surface area contributed by atoms with Crippen molar-refractivity contribution in [3.63, 3.8) is 0 Å². The highest BCUT2D eigenvalue weighted by molar-refractivity contribution is 5.85. The van der Waals surface area contributed by atoms with Gasteiger partial charge in [0.15, 0.2) is 23.1 Å². The Balaban J connectivity index is 1.08. The van der Waals surface area contributed by atoms with Crippen molar-refractivity contribution in [1.29, 1.82) is 5.26 Å². The number of benzene rings is 10. The summed E-state index contributed by atoms with van der Waals surface area (Å²) in [5.41, 5.74) is 15.7. The molecule has 0 radical (unpaired) electrons. The van der Waals surface area contributed by atoms with Crippen LogP contribution in [0, 0.1) is 11.3 Å². The van der Waals surface area contributed by atoms with Crippen LogP contribution >= 0.6 is 0 Å². The number of ether oxygens (including phenoxy) is 1. The summed E-state index contributed by atoms with van der Waals surface area (Å²) in [6, 6.07) is 90.0. The molecule has 1 aliphatic rings. The molecule has 1 aliphatic heterocycles. The number of nitrogens with zero attached hydrogens (tertiary/aromatic N) is 4. The van der Waals surface area contributed by atoms with E-state index in [-0.39, 0.29) is 0 Å². The first-order valence-electron chi connectivity index (χ1n) is 23.4.